The summed E-state index contributed by atoms with van der Waals surface area (Å²) in [5, 5.41) is 9.97. The zero-order chi connectivity index (χ0) is 20.3. The molecular formula is C18H16F3N5OS. The van der Waals surface area contributed by atoms with Crippen molar-refractivity contribution in [1.82, 2.24) is 14.9 Å². The van der Waals surface area contributed by atoms with Gasteiger partial charge in [0.25, 0.3) is 0 Å². The van der Waals surface area contributed by atoms with Gasteiger partial charge in [-0.2, -0.15) is 0 Å². The molecule has 10 heteroatoms. The number of aromatic nitrogens is 3. The molecule has 0 saturated carbocycles. The second-order valence-corrected chi connectivity index (χ2v) is 7.25. The van der Waals surface area contributed by atoms with Gasteiger partial charge in [0, 0.05) is 12.5 Å². The molecule has 0 fully saturated rings. The summed E-state index contributed by atoms with van der Waals surface area (Å²) >= 11 is 1.04. The van der Waals surface area contributed by atoms with Gasteiger partial charge >= 0.3 is 0 Å². The largest absolute Gasteiger partial charge is 0.336 e. The van der Waals surface area contributed by atoms with E-state index in [1.54, 1.807) is 19.1 Å². The number of hydrogen-bond donors (Lipinski definition) is 2. The van der Waals surface area contributed by atoms with Crippen LogP contribution < -0.4 is 11.2 Å². The Morgan fingerprint density at radius 3 is 2.50 bits per heavy atom. The van der Waals surface area contributed by atoms with Gasteiger partial charge in [0.05, 0.1) is 10.9 Å². The highest BCUT2D eigenvalue weighted by Crippen LogP contribution is 2.23. The molecule has 3 aromatic rings. The fourth-order valence-electron chi connectivity index (χ4n) is 2.33. The molecule has 1 aromatic heterocycles. The van der Waals surface area contributed by atoms with Crippen LogP contribution >= 0.6 is 11.8 Å². The van der Waals surface area contributed by atoms with Crippen molar-refractivity contribution in [3.63, 3.8) is 0 Å². The molecule has 28 heavy (non-hydrogen) atoms. The second kappa shape index (κ2) is 8.34. The maximum Gasteiger partial charge on any atom is 0.237 e. The molecule has 0 aliphatic carbocycles. The van der Waals surface area contributed by atoms with E-state index >= 15 is 0 Å². The normalized spacial score (nSPS) is 12.0. The highest BCUT2D eigenvalue weighted by Gasteiger charge is 2.20. The molecule has 3 rings (SSSR count). The zero-order valence-corrected chi connectivity index (χ0v) is 15.5. The Morgan fingerprint density at radius 2 is 1.82 bits per heavy atom. The van der Waals surface area contributed by atoms with Crippen molar-refractivity contribution in [3.8, 4) is 0 Å². The summed E-state index contributed by atoms with van der Waals surface area (Å²) in [4.78, 5) is 12.3. The minimum atomic E-state index is -0.867. The lowest BCUT2D eigenvalue weighted by Crippen LogP contribution is -2.24. The number of nitrogen functional groups attached to an aromatic ring is 1. The van der Waals surface area contributed by atoms with Gasteiger partial charge in [-0.1, -0.05) is 23.9 Å². The lowest BCUT2D eigenvalue weighted by atomic mass is 10.1. The van der Waals surface area contributed by atoms with E-state index in [0.29, 0.717) is 23.5 Å². The van der Waals surface area contributed by atoms with Crippen LogP contribution in [0.15, 0.2) is 47.6 Å². The van der Waals surface area contributed by atoms with Crippen molar-refractivity contribution < 1.29 is 18.0 Å². The van der Waals surface area contributed by atoms with Crippen LogP contribution in [0.2, 0.25) is 0 Å². The van der Waals surface area contributed by atoms with E-state index in [-0.39, 0.29) is 11.5 Å². The second-order valence-electron chi connectivity index (χ2n) is 5.95. The number of thioether (sulfide) groups is 1. The first-order valence-electron chi connectivity index (χ1n) is 8.20. The van der Waals surface area contributed by atoms with E-state index < -0.39 is 22.8 Å². The molecule has 0 aliphatic rings. The molecule has 0 bridgehead atoms. The van der Waals surface area contributed by atoms with Crippen molar-refractivity contribution in [2.24, 2.45) is 0 Å². The number of anilines is 1. The van der Waals surface area contributed by atoms with E-state index in [0.717, 1.165) is 29.5 Å². The molecule has 6 nitrogen and oxygen atoms in total. The molecular weight excluding hydrogens is 391 g/mol. The van der Waals surface area contributed by atoms with Crippen molar-refractivity contribution in [3.05, 3.63) is 71.3 Å². The number of nitrogens with one attached hydrogen (secondary N) is 1. The third-order valence-corrected chi connectivity index (χ3v) is 4.91. The summed E-state index contributed by atoms with van der Waals surface area (Å²) in [6.07, 6.45) is 0.339. The molecule has 2 aromatic carbocycles. The van der Waals surface area contributed by atoms with Gasteiger partial charge in [-0.15, -0.1) is 10.2 Å². The Labute approximate surface area is 162 Å². The van der Waals surface area contributed by atoms with Crippen LogP contribution in [0.25, 0.3) is 0 Å². The number of amides is 1. The van der Waals surface area contributed by atoms with Crippen LogP contribution in [0.3, 0.4) is 0 Å². The monoisotopic (exact) mass is 407 g/mol. The summed E-state index contributed by atoms with van der Waals surface area (Å²) < 4.78 is 40.8. The van der Waals surface area contributed by atoms with Gasteiger partial charge in [-0.25, -0.2) is 17.8 Å². The summed E-state index contributed by atoms with van der Waals surface area (Å²) in [5.74, 6) is 3.98. The Morgan fingerprint density at radius 1 is 1.14 bits per heavy atom. The SMILES string of the molecule is C[C@H](Sc1nnc(Cc2ccc(F)cc2)n1N)C(=O)Nc1ccc(F)cc1F. The van der Waals surface area contributed by atoms with Crippen LogP contribution in [0.5, 0.6) is 0 Å². The predicted octanol–water partition coefficient (Wildman–Crippen LogP) is 3.12. The summed E-state index contributed by atoms with van der Waals surface area (Å²) in [6.45, 7) is 1.59. The molecule has 0 unspecified atom stereocenters. The van der Waals surface area contributed by atoms with Crippen LogP contribution in [0.4, 0.5) is 18.9 Å². The van der Waals surface area contributed by atoms with Gasteiger partial charge in [0.1, 0.15) is 17.5 Å². The maximum absolute atomic E-state index is 13.7. The molecule has 0 saturated heterocycles. The van der Waals surface area contributed by atoms with Crippen molar-refractivity contribution in [2.75, 3.05) is 11.2 Å². The number of carbonyl (C=O) groups is 1. The maximum atomic E-state index is 13.7. The highest BCUT2D eigenvalue weighted by molar-refractivity contribution is 8.00. The van der Waals surface area contributed by atoms with Crippen LogP contribution in [0.1, 0.15) is 18.3 Å². The Bertz CT molecular complexity index is 993. The molecule has 1 heterocycles. The standard InChI is InChI=1S/C18H16F3N5OS/c1-10(17(27)23-15-7-6-13(20)9-14(15)21)28-18-25-24-16(26(18)22)8-11-2-4-12(19)5-3-11/h2-7,9-10H,8,22H2,1H3,(H,23,27)/t10-/m0/s1. The number of nitrogens with two attached hydrogens (primary N) is 1. The average Bonchev–Trinajstić information content (AvgIpc) is 2.99. The zero-order valence-electron chi connectivity index (χ0n) is 14.7. The third kappa shape index (κ3) is 4.63. The first kappa shape index (κ1) is 19.7. The fourth-order valence-corrected chi connectivity index (χ4v) is 3.12. The first-order chi connectivity index (χ1) is 13.3. The van der Waals surface area contributed by atoms with Gasteiger partial charge in [-0.05, 0) is 36.8 Å². The van der Waals surface area contributed by atoms with E-state index in [1.165, 1.54) is 16.8 Å². The number of rotatable bonds is 6. The van der Waals surface area contributed by atoms with Crippen molar-refractivity contribution in [2.45, 2.75) is 23.8 Å². The number of hydrogen-bond acceptors (Lipinski definition) is 5. The van der Waals surface area contributed by atoms with Crippen LogP contribution in [-0.2, 0) is 11.2 Å². The van der Waals surface area contributed by atoms with E-state index in [4.69, 9.17) is 5.84 Å². The fraction of sp³-hybridized carbons (Fsp3) is 0.167. The number of carbonyl (C=O) groups excluding carboxylic acids is 1. The molecule has 0 radical (unpaired) electrons. The minimum absolute atomic E-state index is 0.120. The van der Waals surface area contributed by atoms with Crippen molar-refractivity contribution >= 4 is 23.4 Å². The Balaban J connectivity index is 1.65. The lowest BCUT2D eigenvalue weighted by molar-refractivity contribution is -0.115. The number of benzene rings is 2. The summed E-state index contributed by atoms with van der Waals surface area (Å²) in [5.41, 5.74) is 0.680. The van der Waals surface area contributed by atoms with Crippen LogP contribution in [0, 0.1) is 17.5 Å². The van der Waals surface area contributed by atoms with E-state index in [1.807, 2.05) is 0 Å². The summed E-state index contributed by atoms with van der Waals surface area (Å²) in [6, 6.07) is 8.79. The van der Waals surface area contributed by atoms with E-state index in [2.05, 4.69) is 15.5 Å². The quantitative estimate of drug-likeness (QED) is 0.484. The average molecular weight is 407 g/mol. The molecule has 0 spiro atoms. The van der Waals surface area contributed by atoms with Crippen LogP contribution in [-0.4, -0.2) is 26.0 Å². The van der Waals surface area contributed by atoms with Gasteiger partial charge in [0.2, 0.25) is 11.1 Å². The van der Waals surface area contributed by atoms with Crippen molar-refractivity contribution in [1.29, 1.82) is 0 Å². The number of halogens is 3. The van der Waals surface area contributed by atoms with Gasteiger partial charge < -0.3 is 11.2 Å². The number of nitrogens with zero attached hydrogens (tertiary/aromatic N) is 3. The Hall–Kier alpha value is -3.01. The molecule has 0 aliphatic heterocycles. The molecule has 1 amide bonds. The predicted molar refractivity (Wildman–Crippen MR) is 99.7 cm³/mol. The van der Waals surface area contributed by atoms with Gasteiger partial charge in [0.15, 0.2) is 5.82 Å². The molecule has 1 atom stereocenters. The van der Waals surface area contributed by atoms with E-state index in [9.17, 15) is 18.0 Å². The first-order valence-corrected chi connectivity index (χ1v) is 9.08. The highest BCUT2D eigenvalue weighted by atomic mass is 32.2. The molecule has 3 N–H and O–H groups in total. The topological polar surface area (TPSA) is 85.8 Å². The van der Waals surface area contributed by atoms with Gasteiger partial charge in [-0.3, -0.25) is 4.79 Å². The minimum Gasteiger partial charge on any atom is -0.336 e. The smallest absolute Gasteiger partial charge is 0.237 e. The molecule has 146 valence electrons. The Kier molecular flexibility index (Phi) is 5.88. The summed E-state index contributed by atoms with van der Waals surface area (Å²) in [7, 11) is 0. The third-order valence-electron chi connectivity index (χ3n) is 3.85. The lowest BCUT2D eigenvalue weighted by Gasteiger charge is -2.12.